The van der Waals surface area contributed by atoms with Crippen molar-refractivity contribution in [1.29, 1.82) is 0 Å². The van der Waals surface area contributed by atoms with Crippen molar-refractivity contribution < 1.29 is 9.90 Å². The number of aromatic hydroxyl groups is 1. The zero-order valence-corrected chi connectivity index (χ0v) is 9.81. The second-order valence-corrected chi connectivity index (χ2v) is 3.66. The Morgan fingerprint density at radius 3 is 2.50 bits per heavy atom. The lowest BCUT2D eigenvalue weighted by Gasteiger charge is -2.21. The monoisotopic (exact) mass is 222 g/mol. The molecule has 88 valence electrons. The summed E-state index contributed by atoms with van der Waals surface area (Å²) in [6.07, 6.45) is 3.32. The summed E-state index contributed by atoms with van der Waals surface area (Å²) in [6.45, 7) is 5.44. The topological polar surface area (TPSA) is 53.4 Å². The molecule has 0 atom stereocenters. The molecule has 1 heterocycles. The lowest BCUT2D eigenvalue weighted by Crippen LogP contribution is -2.33. The average Bonchev–Trinajstić information content (AvgIpc) is 2.28. The second kappa shape index (κ2) is 6.10. The summed E-state index contributed by atoms with van der Waals surface area (Å²) >= 11 is 0. The van der Waals surface area contributed by atoms with E-state index in [1.165, 1.54) is 12.3 Å². The highest BCUT2D eigenvalue weighted by Gasteiger charge is 2.18. The Balaban J connectivity index is 2.85. The van der Waals surface area contributed by atoms with Crippen molar-refractivity contribution in [1.82, 2.24) is 9.88 Å². The first-order chi connectivity index (χ1) is 7.70. The highest BCUT2D eigenvalue weighted by Crippen LogP contribution is 2.15. The minimum absolute atomic E-state index is 0.0512. The van der Waals surface area contributed by atoms with Crippen molar-refractivity contribution >= 4 is 5.91 Å². The van der Waals surface area contributed by atoms with Crippen LogP contribution in [-0.2, 0) is 0 Å². The fraction of sp³-hybridized carbons (Fsp3) is 0.500. The van der Waals surface area contributed by atoms with Gasteiger partial charge < -0.3 is 10.0 Å². The molecule has 0 aromatic carbocycles. The van der Waals surface area contributed by atoms with E-state index < -0.39 is 0 Å². The third-order valence-electron chi connectivity index (χ3n) is 2.26. The zero-order valence-electron chi connectivity index (χ0n) is 9.81. The Morgan fingerprint density at radius 2 is 2.00 bits per heavy atom. The predicted octanol–water partition coefficient (Wildman–Crippen LogP) is 2.05. The summed E-state index contributed by atoms with van der Waals surface area (Å²) in [5.74, 6) is -0.244. The molecule has 0 bridgehead atoms. The van der Waals surface area contributed by atoms with Gasteiger partial charge in [-0.3, -0.25) is 4.79 Å². The summed E-state index contributed by atoms with van der Waals surface area (Å²) in [7, 11) is 0. The van der Waals surface area contributed by atoms with Crippen LogP contribution in [-0.4, -0.2) is 34.0 Å². The van der Waals surface area contributed by atoms with Gasteiger partial charge in [-0.1, -0.05) is 13.8 Å². The van der Waals surface area contributed by atoms with Crippen LogP contribution in [0.15, 0.2) is 18.3 Å². The fourth-order valence-corrected chi connectivity index (χ4v) is 1.57. The quantitative estimate of drug-likeness (QED) is 0.829. The summed E-state index contributed by atoms with van der Waals surface area (Å²) in [5, 5.41) is 9.56. The average molecular weight is 222 g/mol. The summed E-state index contributed by atoms with van der Waals surface area (Å²) in [6, 6.07) is 3.09. The van der Waals surface area contributed by atoms with E-state index in [1.54, 1.807) is 11.0 Å². The lowest BCUT2D eigenvalue weighted by atomic mass is 10.2. The van der Waals surface area contributed by atoms with E-state index in [2.05, 4.69) is 4.98 Å². The zero-order chi connectivity index (χ0) is 12.0. The Kier molecular flexibility index (Phi) is 4.76. The van der Waals surface area contributed by atoms with Gasteiger partial charge in [-0.25, -0.2) is 4.98 Å². The van der Waals surface area contributed by atoms with Gasteiger partial charge in [-0.05, 0) is 25.0 Å². The predicted molar refractivity (Wildman–Crippen MR) is 62.4 cm³/mol. The summed E-state index contributed by atoms with van der Waals surface area (Å²) in [4.78, 5) is 17.7. The van der Waals surface area contributed by atoms with Crippen molar-refractivity contribution in [2.75, 3.05) is 13.1 Å². The molecule has 4 heteroatoms. The second-order valence-electron chi connectivity index (χ2n) is 3.66. The van der Waals surface area contributed by atoms with Crippen LogP contribution in [0, 0.1) is 0 Å². The molecule has 0 unspecified atom stereocenters. The summed E-state index contributed by atoms with van der Waals surface area (Å²) in [5.41, 5.74) is 0.143. The van der Waals surface area contributed by atoms with Crippen LogP contribution in [0.3, 0.4) is 0 Å². The molecule has 1 aromatic heterocycles. The maximum absolute atomic E-state index is 12.0. The third-order valence-corrected chi connectivity index (χ3v) is 2.26. The number of hydrogen-bond donors (Lipinski definition) is 1. The SMILES string of the molecule is CCCN(CCC)C(=O)c1ncccc1O. The molecular formula is C12H18N2O2. The first-order valence-electron chi connectivity index (χ1n) is 5.64. The first kappa shape index (κ1) is 12.5. The largest absolute Gasteiger partial charge is 0.505 e. The van der Waals surface area contributed by atoms with Crippen molar-refractivity contribution in [3.05, 3.63) is 24.0 Å². The fourth-order valence-electron chi connectivity index (χ4n) is 1.57. The van der Waals surface area contributed by atoms with Gasteiger partial charge in [0.15, 0.2) is 5.69 Å². The van der Waals surface area contributed by atoms with Gasteiger partial charge in [0.2, 0.25) is 0 Å². The van der Waals surface area contributed by atoms with E-state index in [4.69, 9.17) is 0 Å². The molecule has 0 aliphatic carbocycles. The van der Waals surface area contributed by atoms with Crippen molar-refractivity contribution in [2.45, 2.75) is 26.7 Å². The molecule has 0 fully saturated rings. The molecule has 1 rings (SSSR count). The summed E-state index contributed by atoms with van der Waals surface area (Å²) < 4.78 is 0. The number of aromatic nitrogens is 1. The third kappa shape index (κ3) is 2.95. The molecule has 0 aliphatic heterocycles. The number of pyridine rings is 1. The van der Waals surface area contributed by atoms with Crippen LogP contribution < -0.4 is 0 Å². The van der Waals surface area contributed by atoms with Crippen molar-refractivity contribution in [3.8, 4) is 5.75 Å². The van der Waals surface area contributed by atoms with Gasteiger partial charge in [0.1, 0.15) is 5.75 Å². The standard InChI is InChI=1S/C12H18N2O2/c1-3-8-14(9-4-2)12(16)11-10(15)6-5-7-13-11/h5-7,15H,3-4,8-9H2,1-2H3. The maximum atomic E-state index is 12.0. The van der Waals surface area contributed by atoms with Crippen molar-refractivity contribution in [2.24, 2.45) is 0 Å². The lowest BCUT2D eigenvalue weighted by molar-refractivity contribution is 0.0746. The van der Waals surface area contributed by atoms with E-state index in [1.807, 2.05) is 13.8 Å². The number of carbonyl (C=O) groups excluding carboxylic acids is 1. The highest BCUT2D eigenvalue weighted by atomic mass is 16.3. The molecular weight excluding hydrogens is 204 g/mol. The molecule has 16 heavy (non-hydrogen) atoms. The first-order valence-corrected chi connectivity index (χ1v) is 5.64. The molecule has 1 amide bonds. The van der Waals surface area contributed by atoms with Gasteiger partial charge in [0.05, 0.1) is 0 Å². The van der Waals surface area contributed by atoms with E-state index in [-0.39, 0.29) is 17.4 Å². The van der Waals surface area contributed by atoms with Gasteiger partial charge in [0, 0.05) is 19.3 Å². The molecule has 1 N–H and O–H groups in total. The van der Waals surface area contributed by atoms with Gasteiger partial charge >= 0.3 is 0 Å². The highest BCUT2D eigenvalue weighted by molar-refractivity contribution is 5.94. The van der Waals surface area contributed by atoms with Crippen LogP contribution >= 0.6 is 0 Å². The molecule has 0 saturated heterocycles. The number of hydrogen-bond acceptors (Lipinski definition) is 3. The van der Waals surface area contributed by atoms with Crippen LogP contribution in [0.1, 0.15) is 37.2 Å². The molecule has 4 nitrogen and oxygen atoms in total. The molecule has 0 spiro atoms. The maximum Gasteiger partial charge on any atom is 0.276 e. The van der Waals surface area contributed by atoms with Gasteiger partial charge in [-0.2, -0.15) is 0 Å². The minimum atomic E-state index is -0.193. The van der Waals surface area contributed by atoms with Crippen LogP contribution in [0.25, 0.3) is 0 Å². The number of carbonyl (C=O) groups is 1. The Morgan fingerprint density at radius 1 is 1.38 bits per heavy atom. The van der Waals surface area contributed by atoms with Gasteiger partial charge in [0.25, 0.3) is 5.91 Å². The van der Waals surface area contributed by atoms with E-state index >= 15 is 0 Å². The van der Waals surface area contributed by atoms with Crippen molar-refractivity contribution in [3.63, 3.8) is 0 Å². The minimum Gasteiger partial charge on any atom is -0.505 e. The molecule has 1 aromatic rings. The van der Waals surface area contributed by atoms with Crippen LogP contribution in [0.5, 0.6) is 5.75 Å². The van der Waals surface area contributed by atoms with Crippen LogP contribution in [0.2, 0.25) is 0 Å². The Hall–Kier alpha value is -1.58. The Labute approximate surface area is 95.9 Å². The molecule has 0 saturated carbocycles. The normalized spacial score (nSPS) is 10.1. The van der Waals surface area contributed by atoms with E-state index in [0.717, 1.165) is 12.8 Å². The number of rotatable bonds is 5. The molecule has 0 radical (unpaired) electrons. The number of nitrogens with zero attached hydrogens (tertiary/aromatic N) is 2. The molecule has 0 aliphatic rings. The number of amides is 1. The van der Waals surface area contributed by atoms with Crippen LogP contribution in [0.4, 0.5) is 0 Å². The van der Waals surface area contributed by atoms with Gasteiger partial charge in [-0.15, -0.1) is 0 Å². The smallest absolute Gasteiger partial charge is 0.276 e. The van der Waals surface area contributed by atoms with E-state index in [9.17, 15) is 9.90 Å². The Bertz CT molecular complexity index is 347. The van der Waals surface area contributed by atoms with E-state index in [0.29, 0.717) is 13.1 Å².